The van der Waals surface area contributed by atoms with E-state index in [0.29, 0.717) is 50.0 Å². The predicted molar refractivity (Wildman–Crippen MR) is 125 cm³/mol. The van der Waals surface area contributed by atoms with Crippen LogP contribution < -0.4 is 10.0 Å². The van der Waals surface area contributed by atoms with E-state index in [0.717, 1.165) is 4.90 Å². The molecular formula is C24H30FN3O6S. The minimum absolute atomic E-state index is 0.312. The van der Waals surface area contributed by atoms with Gasteiger partial charge >= 0.3 is 6.03 Å². The van der Waals surface area contributed by atoms with Crippen molar-refractivity contribution >= 4 is 35.0 Å². The second-order valence-electron chi connectivity index (χ2n) is 10.3. The number of nitrogens with zero attached hydrogens (tertiary/aromatic N) is 1. The van der Waals surface area contributed by atoms with Gasteiger partial charge in [-0.2, -0.15) is 0 Å². The molecule has 1 aliphatic carbocycles. The second kappa shape index (κ2) is 9.61. The van der Waals surface area contributed by atoms with Gasteiger partial charge in [0.25, 0.3) is 5.91 Å². The van der Waals surface area contributed by atoms with Crippen LogP contribution in [-0.4, -0.2) is 57.1 Å². The summed E-state index contributed by atoms with van der Waals surface area (Å²) in [6.07, 6.45) is 1.30. The van der Waals surface area contributed by atoms with E-state index in [2.05, 4.69) is 10.0 Å². The molecule has 2 aliphatic heterocycles. The van der Waals surface area contributed by atoms with Crippen LogP contribution in [0.3, 0.4) is 0 Å². The molecule has 3 aliphatic rings. The molecule has 190 valence electrons. The van der Waals surface area contributed by atoms with Crippen molar-refractivity contribution < 1.29 is 32.9 Å². The summed E-state index contributed by atoms with van der Waals surface area (Å²) in [6, 6.07) is 2.91. The number of ketones is 1. The largest absolute Gasteiger partial charge is 0.598 e. The standard InChI is InChI=1S/C24H30FN3O6S/c1-23(2,3)35(33)27-24(9-6-14-12-15(25)4-5-17(14)24)13-18(29)19-20(30)26-22(32)28(21(19)31)16-7-10-34-11-8-16/h4-5,12,16,19,27H,6-11,13H2,1-3H3,(H,26,30,32)/t19?,24-,35?/m1/s1. The first-order valence-electron chi connectivity index (χ1n) is 11.7. The Hall–Kier alpha value is -2.34. The predicted octanol–water partition coefficient (Wildman–Crippen LogP) is 1.85. The number of halogens is 1. The van der Waals surface area contributed by atoms with Gasteiger partial charge in [-0.1, -0.05) is 6.07 Å². The number of amides is 4. The van der Waals surface area contributed by atoms with E-state index in [-0.39, 0.29) is 6.42 Å². The summed E-state index contributed by atoms with van der Waals surface area (Å²) in [5.74, 6) is -4.61. The molecule has 0 radical (unpaired) electrons. The highest BCUT2D eigenvalue weighted by Crippen LogP contribution is 2.42. The van der Waals surface area contributed by atoms with Crippen LogP contribution in [-0.2, 0) is 42.4 Å². The zero-order valence-corrected chi connectivity index (χ0v) is 20.8. The molecule has 0 saturated carbocycles. The fourth-order valence-electron chi connectivity index (χ4n) is 4.94. The number of urea groups is 1. The molecule has 11 heteroatoms. The third-order valence-corrected chi connectivity index (χ3v) is 8.49. The van der Waals surface area contributed by atoms with E-state index in [9.17, 15) is 28.1 Å². The van der Waals surface area contributed by atoms with E-state index in [1.165, 1.54) is 12.1 Å². The SMILES string of the molecule is CC(C)(C)[S+]([O-])N[C@@]1(CC(=O)C2C(=O)NC(=O)N(C3CCOCC3)C2=O)CCc2cc(F)ccc21. The highest BCUT2D eigenvalue weighted by atomic mass is 32.2. The van der Waals surface area contributed by atoms with Gasteiger partial charge in [-0.15, -0.1) is 4.72 Å². The molecule has 1 aromatic carbocycles. The van der Waals surface area contributed by atoms with Gasteiger partial charge in [0.05, 0.1) is 5.54 Å². The molecule has 35 heavy (non-hydrogen) atoms. The average molecular weight is 508 g/mol. The van der Waals surface area contributed by atoms with Crippen molar-refractivity contribution in [3.05, 3.63) is 35.1 Å². The lowest BCUT2D eigenvalue weighted by Gasteiger charge is -2.38. The van der Waals surface area contributed by atoms with Crippen LogP contribution in [0, 0.1) is 11.7 Å². The number of Topliss-reactive ketones (excluding diaryl/α,β-unsaturated/α-hetero) is 1. The van der Waals surface area contributed by atoms with Crippen LogP contribution in [0.25, 0.3) is 0 Å². The normalized spacial score (nSPS) is 26.5. The zero-order valence-electron chi connectivity index (χ0n) is 20.0. The first kappa shape index (κ1) is 25.7. The molecule has 2 N–H and O–H groups in total. The number of hydrogen-bond acceptors (Lipinski definition) is 7. The van der Waals surface area contributed by atoms with Crippen LogP contribution in [0.15, 0.2) is 18.2 Å². The number of ether oxygens (including phenoxy) is 1. The van der Waals surface area contributed by atoms with Crippen molar-refractivity contribution in [1.29, 1.82) is 0 Å². The molecule has 0 aromatic heterocycles. The highest BCUT2D eigenvalue weighted by molar-refractivity contribution is 7.90. The van der Waals surface area contributed by atoms with E-state index < -0.39 is 63.1 Å². The summed E-state index contributed by atoms with van der Waals surface area (Å²) >= 11 is -1.59. The Morgan fingerprint density at radius 3 is 2.63 bits per heavy atom. The Bertz CT molecular complexity index is 1050. The monoisotopic (exact) mass is 507 g/mol. The van der Waals surface area contributed by atoms with Gasteiger partial charge in [-0.3, -0.25) is 24.6 Å². The number of benzene rings is 1. The Morgan fingerprint density at radius 1 is 1.29 bits per heavy atom. The fraction of sp³-hybridized carbons (Fsp3) is 0.583. The number of fused-ring (bicyclic) bond motifs is 1. The number of carbonyl (C=O) groups is 4. The van der Waals surface area contributed by atoms with Crippen LogP contribution in [0.5, 0.6) is 0 Å². The van der Waals surface area contributed by atoms with Gasteiger partial charge in [0.15, 0.2) is 11.7 Å². The minimum atomic E-state index is -1.69. The van der Waals surface area contributed by atoms with Gasteiger partial charge in [-0.25, -0.2) is 9.18 Å². The maximum Gasteiger partial charge on any atom is 0.331 e. The molecular weight excluding hydrogens is 477 g/mol. The molecule has 9 nitrogen and oxygen atoms in total. The molecule has 0 bridgehead atoms. The van der Waals surface area contributed by atoms with Crippen LogP contribution in [0.1, 0.15) is 57.6 Å². The first-order valence-corrected chi connectivity index (χ1v) is 12.8. The van der Waals surface area contributed by atoms with E-state index in [1.54, 1.807) is 26.8 Å². The molecule has 1 aromatic rings. The van der Waals surface area contributed by atoms with Gasteiger partial charge in [0.2, 0.25) is 5.91 Å². The van der Waals surface area contributed by atoms with Gasteiger partial charge in [-0.05, 0) is 69.7 Å². The zero-order chi connectivity index (χ0) is 25.5. The highest BCUT2D eigenvalue weighted by Gasteiger charge is 2.52. The van der Waals surface area contributed by atoms with Crippen LogP contribution >= 0.6 is 0 Å². The maximum absolute atomic E-state index is 13.9. The lowest BCUT2D eigenvalue weighted by Crippen LogP contribution is -2.63. The summed E-state index contributed by atoms with van der Waals surface area (Å²) in [4.78, 5) is 53.0. The van der Waals surface area contributed by atoms with Crippen molar-refractivity contribution in [2.45, 2.75) is 69.2 Å². The Morgan fingerprint density at radius 2 is 1.97 bits per heavy atom. The number of carbonyl (C=O) groups excluding carboxylic acids is 4. The molecule has 3 atom stereocenters. The van der Waals surface area contributed by atoms with Crippen molar-refractivity contribution in [1.82, 2.24) is 14.9 Å². The van der Waals surface area contributed by atoms with Gasteiger partial charge in [0.1, 0.15) is 10.6 Å². The maximum atomic E-state index is 13.9. The molecule has 2 heterocycles. The average Bonchev–Trinajstić information content (AvgIpc) is 3.10. The van der Waals surface area contributed by atoms with E-state index >= 15 is 0 Å². The molecule has 4 amide bonds. The topological polar surface area (TPSA) is 128 Å². The molecule has 0 spiro atoms. The number of hydrogen-bond donors (Lipinski definition) is 2. The summed E-state index contributed by atoms with van der Waals surface area (Å²) in [5.41, 5.74) is 0.143. The molecule has 2 saturated heterocycles. The summed E-state index contributed by atoms with van der Waals surface area (Å²) in [7, 11) is 0. The lowest BCUT2D eigenvalue weighted by molar-refractivity contribution is -0.150. The molecule has 2 fully saturated rings. The van der Waals surface area contributed by atoms with Crippen molar-refractivity contribution in [3.63, 3.8) is 0 Å². The van der Waals surface area contributed by atoms with Crippen LogP contribution in [0.4, 0.5) is 9.18 Å². The second-order valence-corrected chi connectivity index (χ2v) is 12.3. The minimum Gasteiger partial charge on any atom is -0.598 e. The Balaban J connectivity index is 1.64. The summed E-state index contributed by atoms with van der Waals surface area (Å²) < 4.78 is 34.7. The smallest absolute Gasteiger partial charge is 0.331 e. The molecule has 4 rings (SSSR count). The number of barbiturate groups is 1. The number of aryl methyl sites for hydroxylation is 1. The lowest BCUT2D eigenvalue weighted by atomic mass is 9.83. The third-order valence-electron chi connectivity index (χ3n) is 6.80. The van der Waals surface area contributed by atoms with Crippen molar-refractivity contribution in [2.75, 3.05) is 13.2 Å². The summed E-state index contributed by atoms with van der Waals surface area (Å²) in [5, 5.41) is 2.15. The van der Waals surface area contributed by atoms with E-state index in [4.69, 9.17) is 4.74 Å². The molecule has 2 unspecified atom stereocenters. The Kier molecular flexibility index (Phi) is 7.07. The van der Waals surface area contributed by atoms with Crippen molar-refractivity contribution in [3.8, 4) is 0 Å². The number of nitrogens with one attached hydrogen (secondary N) is 2. The van der Waals surface area contributed by atoms with Gasteiger partial charge < -0.3 is 9.29 Å². The van der Waals surface area contributed by atoms with Crippen LogP contribution in [0.2, 0.25) is 0 Å². The van der Waals surface area contributed by atoms with Crippen molar-refractivity contribution in [2.24, 2.45) is 5.92 Å². The quantitative estimate of drug-likeness (QED) is 0.444. The summed E-state index contributed by atoms with van der Waals surface area (Å²) in [6.45, 7) is 6.07. The first-order chi connectivity index (χ1) is 16.4. The van der Waals surface area contributed by atoms with E-state index in [1.807, 2.05) is 0 Å². The van der Waals surface area contributed by atoms with Gasteiger partial charge in [0, 0.05) is 37.0 Å². The Labute approximate surface area is 206 Å². The number of imide groups is 2. The third kappa shape index (κ3) is 5.00. The fourth-order valence-corrected chi connectivity index (χ4v) is 5.88. The number of rotatable bonds is 6.